The van der Waals surface area contributed by atoms with E-state index < -0.39 is 18.0 Å². The molecule has 20 heavy (non-hydrogen) atoms. The van der Waals surface area contributed by atoms with Gasteiger partial charge < -0.3 is 10.8 Å². The summed E-state index contributed by atoms with van der Waals surface area (Å²) in [7, 11) is 0. The van der Waals surface area contributed by atoms with Crippen molar-refractivity contribution >= 4 is 23.4 Å². The SMILES string of the molecule is Nc1cc(C(=O)O)ccc1Sc1n[nH]c(C(F)(F)F)n1. The molecule has 10 heteroatoms. The number of carbonyl (C=O) groups is 1. The molecule has 1 aromatic heterocycles. The summed E-state index contributed by atoms with van der Waals surface area (Å²) in [5.41, 5.74) is 5.73. The normalized spacial score (nSPS) is 11.6. The van der Waals surface area contributed by atoms with Crippen LogP contribution in [0.15, 0.2) is 28.3 Å². The van der Waals surface area contributed by atoms with Crippen LogP contribution in [0.1, 0.15) is 16.2 Å². The number of carboxylic acids is 1. The lowest BCUT2D eigenvalue weighted by Gasteiger charge is -2.03. The molecule has 0 aliphatic carbocycles. The highest BCUT2D eigenvalue weighted by Gasteiger charge is 2.35. The predicted molar refractivity (Wildman–Crippen MR) is 63.3 cm³/mol. The van der Waals surface area contributed by atoms with Crippen molar-refractivity contribution in [3.05, 3.63) is 29.6 Å². The number of nitrogens with one attached hydrogen (secondary N) is 1. The number of nitrogen functional groups attached to an aromatic ring is 1. The average Bonchev–Trinajstić information content (AvgIpc) is 2.80. The minimum Gasteiger partial charge on any atom is -0.478 e. The van der Waals surface area contributed by atoms with Gasteiger partial charge in [0.25, 0.3) is 0 Å². The van der Waals surface area contributed by atoms with Gasteiger partial charge >= 0.3 is 12.1 Å². The van der Waals surface area contributed by atoms with E-state index in [4.69, 9.17) is 10.8 Å². The quantitative estimate of drug-likeness (QED) is 0.751. The lowest BCUT2D eigenvalue weighted by molar-refractivity contribution is -0.144. The van der Waals surface area contributed by atoms with Gasteiger partial charge in [-0.25, -0.2) is 4.79 Å². The Morgan fingerprint density at radius 3 is 2.60 bits per heavy atom. The summed E-state index contributed by atoms with van der Waals surface area (Å²) in [6.07, 6.45) is -4.61. The van der Waals surface area contributed by atoms with Crippen molar-refractivity contribution in [1.82, 2.24) is 15.2 Å². The fourth-order valence-corrected chi connectivity index (χ4v) is 2.03. The Kier molecular flexibility index (Phi) is 3.57. The first kappa shape index (κ1) is 14.2. The lowest BCUT2D eigenvalue weighted by atomic mass is 10.2. The Morgan fingerprint density at radius 1 is 1.40 bits per heavy atom. The second-order valence-corrected chi connectivity index (χ2v) is 4.63. The first-order valence-corrected chi connectivity index (χ1v) is 5.89. The molecule has 0 radical (unpaired) electrons. The number of alkyl halides is 3. The number of aromatic amines is 1. The Morgan fingerprint density at radius 2 is 2.10 bits per heavy atom. The Hall–Kier alpha value is -2.23. The van der Waals surface area contributed by atoms with Crippen molar-refractivity contribution < 1.29 is 23.1 Å². The van der Waals surface area contributed by atoms with E-state index in [2.05, 4.69) is 10.1 Å². The van der Waals surface area contributed by atoms with Crippen LogP contribution in [0.4, 0.5) is 18.9 Å². The molecule has 0 aliphatic rings. The van der Waals surface area contributed by atoms with Crippen molar-refractivity contribution in [1.29, 1.82) is 0 Å². The van der Waals surface area contributed by atoms with Crippen molar-refractivity contribution in [2.24, 2.45) is 0 Å². The maximum absolute atomic E-state index is 12.3. The van der Waals surface area contributed by atoms with Gasteiger partial charge in [0.15, 0.2) is 0 Å². The second-order valence-electron chi connectivity index (χ2n) is 3.62. The summed E-state index contributed by atoms with van der Waals surface area (Å²) < 4.78 is 37.0. The molecule has 1 aromatic carbocycles. The summed E-state index contributed by atoms with van der Waals surface area (Å²) in [6, 6.07) is 3.88. The molecule has 2 rings (SSSR count). The molecule has 6 nitrogen and oxygen atoms in total. The summed E-state index contributed by atoms with van der Waals surface area (Å²) >= 11 is 0.800. The van der Waals surface area contributed by atoms with E-state index in [0.29, 0.717) is 4.90 Å². The van der Waals surface area contributed by atoms with Crippen LogP contribution in [0.3, 0.4) is 0 Å². The van der Waals surface area contributed by atoms with Gasteiger partial charge in [-0.2, -0.15) is 18.2 Å². The summed E-state index contributed by atoms with van der Waals surface area (Å²) in [5, 5.41) is 13.8. The number of benzene rings is 1. The second kappa shape index (κ2) is 5.04. The van der Waals surface area contributed by atoms with Crippen LogP contribution in [-0.4, -0.2) is 26.3 Å². The van der Waals surface area contributed by atoms with E-state index in [1.54, 1.807) is 5.10 Å². The van der Waals surface area contributed by atoms with Crippen LogP contribution in [0.25, 0.3) is 0 Å². The number of H-pyrrole nitrogens is 1. The number of nitrogens with zero attached hydrogens (tertiary/aromatic N) is 2. The van der Waals surface area contributed by atoms with E-state index in [1.807, 2.05) is 0 Å². The van der Waals surface area contributed by atoms with E-state index in [1.165, 1.54) is 18.2 Å². The van der Waals surface area contributed by atoms with Gasteiger partial charge in [-0.15, -0.1) is 5.10 Å². The summed E-state index contributed by atoms with van der Waals surface area (Å²) in [4.78, 5) is 14.4. The van der Waals surface area contributed by atoms with E-state index in [0.717, 1.165) is 11.8 Å². The molecule has 4 N–H and O–H groups in total. The van der Waals surface area contributed by atoms with Gasteiger partial charge in [0.05, 0.1) is 5.56 Å². The fourth-order valence-electron chi connectivity index (χ4n) is 1.29. The highest BCUT2D eigenvalue weighted by molar-refractivity contribution is 7.99. The van der Waals surface area contributed by atoms with Crippen molar-refractivity contribution in [2.75, 3.05) is 5.73 Å². The maximum atomic E-state index is 12.3. The zero-order valence-corrected chi connectivity index (χ0v) is 10.4. The van der Waals surface area contributed by atoms with E-state index in [9.17, 15) is 18.0 Å². The van der Waals surface area contributed by atoms with Crippen LogP contribution < -0.4 is 5.73 Å². The number of anilines is 1. The Bertz CT molecular complexity index is 656. The number of carboxylic acid groups (broad SMARTS) is 1. The van der Waals surface area contributed by atoms with Crippen molar-refractivity contribution in [2.45, 2.75) is 16.2 Å². The molecule has 0 aliphatic heterocycles. The van der Waals surface area contributed by atoms with Gasteiger partial charge in [0, 0.05) is 10.6 Å². The van der Waals surface area contributed by atoms with Crippen molar-refractivity contribution in [3.8, 4) is 0 Å². The molecule has 0 spiro atoms. The van der Waals surface area contributed by atoms with Crippen LogP contribution in [0.2, 0.25) is 0 Å². The zero-order chi connectivity index (χ0) is 14.9. The number of aromatic nitrogens is 3. The molecule has 0 bridgehead atoms. The molecule has 0 saturated carbocycles. The standard InChI is InChI=1S/C10H7F3N4O2S/c11-10(12,13)8-15-9(17-16-8)20-6-2-1-4(7(18)19)3-5(6)14/h1-3H,14H2,(H,18,19)(H,15,16,17). The number of halogens is 3. The summed E-state index contributed by atoms with van der Waals surface area (Å²) in [5.74, 6) is -2.36. The molecule has 2 aromatic rings. The molecule has 0 unspecified atom stereocenters. The minimum atomic E-state index is -4.61. The molecule has 0 atom stereocenters. The topological polar surface area (TPSA) is 105 Å². The highest BCUT2D eigenvalue weighted by atomic mass is 32.2. The van der Waals surface area contributed by atoms with Crippen molar-refractivity contribution in [3.63, 3.8) is 0 Å². The highest BCUT2D eigenvalue weighted by Crippen LogP contribution is 2.32. The van der Waals surface area contributed by atoms with E-state index >= 15 is 0 Å². The average molecular weight is 304 g/mol. The van der Waals surface area contributed by atoms with Gasteiger partial charge in [-0.3, -0.25) is 5.10 Å². The molecule has 0 amide bonds. The third-order valence-corrected chi connectivity index (χ3v) is 3.15. The van der Waals surface area contributed by atoms with Crippen LogP contribution in [-0.2, 0) is 6.18 Å². The Labute approximate surface area is 114 Å². The smallest absolute Gasteiger partial charge is 0.451 e. The number of aromatic carboxylic acids is 1. The molecule has 1 heterocycles. The van der Waals surface area contributed by atoms with Gasteiger partial charge in [-0.05, 0) is 30.0 Å². The van der Waals surface area contributed by atoms with Crippen LogP contribution >= 0.6 is 11.8 Å². The largest absolute Gasteiger partial charge is 0.478 e. The van der Waals surface area contributed by atoms with Gasteiger partial charge in [0.2, 0.25) is 11.0 Å². The fraction of sp³-hybridized carbons (Fsp3) is 0.100. The summed E-state index contributed by atoms with van der Waals surface area (Å²) in [6.45, 7) is 0. The minimum absolute atomic E-state index is 0.0159. The predicted octanol–water partition coefficient (Wildman–Crippen LogP) is 2.26. The number of hydrogen-bond donors (Lipinski definition) is 3. The molecular weight excluding hydrogens is 297 g/mol. The third kappa shape index (κ3) is 3.02. The maximum Gasteiger partial charge on any atom is 0.451 e. The number of nitrogens with two attached hydrogens (primary N) is 1. The number of rotatable bonds is 3. The first-order valence-electron chi connectivity index (χ1n) is 5.07. The molecule has 0 fully saturated rings. The molecule has 0 saturated heterocycles. The first-order chi connectivity index (χ1) is 9.27. The lowest BCUT2D eigenvalue weighted by Crippen LogP contribution is -2.07. The number of hydrogen-bond acceptors (Lipinski definition) is 5. The monoisotopic (exact) mass is 304 g/mol. The molecule has 106 valence electrons. The third-order valence-electron chi connectivity index (χ3n) is 2.19. The van der Waals surface area contributed by atoms with Crippen LogP contribution in [0, 0.1) is 0 Å². The van der Waals surface area contributed by atoms with Crippen LogP contribution in [0.5, 0.6) is 0 Å². The van der Waals surface area contributed by atoms with Gasteiger partial charge in [0.1, 0.15) is 0 Å². The van der Waals surface area contributed by atoms with E-state index in [-0.39, 0.29) is 16.4 Å². The zero-order valence-electron chi connectivity index (χ0n) is 9.60. The Balaban J connectivity index is 2.22. The van der Waals surface area contributed by atoms with Gasteiger partial charge in [-0.1, -0.05) is 0 Å². The molecular formula is C10H7F3N4O2S.